The van der Waals surface area contributed by atoms with Crippen LogP contribution in [0.2, 0.25) is 0 Å². The number of methoxy groups -OCH3 is 2. The highest BCUT2D eigenvalue weighted by molar-refractivity contribution is 6.11. The molecule has 6 nitrogen and oxygen atoms in total. The van der Waals surface area contributed by atoms with Crippen LogP contribution in [-0.2, 0) is 0 Å². The van der Waals surface area contributed by atoms with Crippen molar-refractivity contribution in [1.82, 2.24) is 5.32 Å². The van der Waals surface area contributed by atoms with Gasteiger partial charge in [0.1, 0.15) is 22.8 Å². The summed E-state index contributed by atoms with van der Waals surface area (Å²) >= 11 is 0. The molecule has 2 N–H and O–H groups in total. The number of phenols is 1. The Kier molecular flexibility index (Phi) is 6.32. The number of hydrogen-bond acceptors (Lipinski definition) is 6. The van der Waals surface area contributed by atoms with Crippen molar-refractivity contribution in [3.05, 3.63) is 64.7 Å². The number of aromatic hydroxyl groups is 1. The Balaban J connectivity index is 2.02. The molecule has 148 valence electrons. The summed E-state index contributed by atoms with van der Waals surface area (Å²) in [5.41, 5.74) is 2.84. The molecule has 0 radical (unpaired) electrons. The number of carbonyl (C=O) groups is 1. The van der Waals surface area contributed by atoms with Crippen LogP contribution in [0.5, 0.6) is 17.2 Å². The van der Waals surface area contributed by atoms with Crippen LogP contribution in [0.25, 0.3) is 11.6 Å². The lowest BCUT2D eigenvalue weighted by molar-refractivity contribution is 0.104. The van der Waals surface area contributed by atoms with Crippen molar-refractivity contribution in [3.63, 3.8) is 0 Å². The van der Waals surface area contributed by atoms with Gasteiger partial charge in [-0.3, -0.25) is 4.79 Å². The summed E-state index contributed by atoms with van der Waals surface area (Å²) in [4.78, 5) is 12.9. The zero-order valence-electron chi connectivity index (χ0n) is 16.4. The SMILES string of the molecule is COc1cc(OC)c(C2=CCNCC2)c(O)c1C(=O)C=Cc1ccc(C#N)cc1. The van der Waals surface area contributed by atoms with Crippen molar-refractivity contribution >= 4 is 17.4 Å². The maximum atomic E-state index is 12.9. The van der Waals surface area contributed by atoms with Gasteiger partial charge in [-0.1, -0.05) is 24.3 Å². The van der Waals surface area contributed by atoms with E-state index in [4.69, 9.17) is 14.7 Å². The van der Waals surface area contributed by atoms with Gasteiger partial charge in [0.05, 0.1) is 31.4 Å². The van der Waals surface area contributed by atoms with Crippen LogP contribution < -0.4 is 14.8 Å². The molecule has 0 aromatic heterocycles. The van der Waals surface area contributed by atoms with Gasteiger partial charge in [-0.15, -0.1) is 0 Å². The first-order chi connectivity index (χ1) is 14.1. The Morgan fingerprint density at radius 1 is 1.21 bits per heavy atom. The molecule has 0 spiro atoms. The minimum atomic E-state index is -0.387. The average Bonchev–Trinajstić information content (AvgIpc) is 2.77. The van der Waals surface area contributed by atoms with Gasteiger partial charge < -0.3 is 19.9 Å². The molecule has 29 heavy (non-hydrogen) atoms. The highest BCUT2D eigenvalue weighted by Gasteiger charge is 2.25. The average molecular weight is 390 g/mol. The van der Waals surface area contributed by atoms with E-state index in [0.717, 1.165) is 17.7 Å². The van der Waals surface area contributed by atoms with Crippen molar-refractivity contribution in [2.75, 3.05) is 27.3 Å². The number of benzene rings is 2. The van der Waals surface area contributed by atoms with Gasteiger partial charge in [-0.05, 0) is 42.3 Å². The van der Waals surface area contributed by atoms with E-state index in [9.17, 15) is 9.90 Å². The predicted octanol–water partition coefficient (Wildman–Crippen LogP) is 3.55. The quantitative estimate of drug-likeness (QED) is 0.579. The van der Waals surface area contributed by atoms with Crippen molar-refractivity contribution < 1.29 is 19.4 Å². The van der Waals surface area contributed by atoms with Gasteiger partial charge in [0.25, 0.3) is 0 Å². The van der Waals surface area contributed by atoms with Crippen LogP contribution in [0.4, 0.5) is 0 Å². The van der Waals surface area contributed by atoms with Crippen LogP contribution in [0.1, 0.15) is 33.5 Å². The maximum absolute atomic E-state index is 12.9. The molecule has 1 aliphatic rings. The van der Waals surface area contributed by atoms with E-state index in [1.807, 2.05) is 6.08 Å². The highest BCUT2D eigenvalue weighted by Crippen LogP contribution is 2.43. The molecule has 2 aromatic rings. The number of nitriles is 1. The second kappa shape index (κ2) is 9.09. The summed E-state index contributed by atoms with van der Waals surface area (Å²) in [6.45, 7) is 1.47. The van der Waals surface area contributed by atoms with Crippen molar-refractivity contribution in [3.8, 4) is 23.3 Å². The van der Waals surface area contributed by atoms with Crippen LogP contribution in [0.3, 0.4) is 0 Å². The fourth-order valence-corrected chi connectivity index (χ4v) is 3.27. The second-order valence-corrected chi connectivity index (χ2v) is 6.49. The molecule has 3 rings (SSSR count). The summed E-state index contributed by atoms with van der Waals surface area (Å²) in [6, 6.07) is 10.5. The van der Waals surface area contributed by atoms with Gasteiger partial charge in [0, 0.05) is 12.6 Å². The summed E-state index contributed by atoms with van der Waals surface area (Å²) in [7, 11) is 2.96. The third kappa shape index (κ3) is 4.31. The predicted molar refractivity (Wildman–Crippen MR) is 111 cm³/mol. The van der Waals surface area contributed by atoms with Crippen LogP contribution in [0.15, 0.2) is 42.5 Å². The number of phenolic OH excluding ortho intramolecular Hbond substituents is 1. The number of nitrogens with one attached hydrogen (secondary N) is 1. The molecule has 0 saturated carbocycles. The van der Waals surface area contributed by atoms with Gasteiger partial charge in [-0.2, -0.15) is 5.26 Å². The first kappa shape index (κ1) is 20.2. The first-order valence-electron chi connectivity index (χ1n) is 9.19. The second-order valence-electron chi connectivity index (χ2n) is 6.49. The van der Waals surface area contributed by atoms with Gasteiger partial charge >= 0.3 is 0 Å². The summed E-state index contributed by atoms with van der Waals surface area (Å²) in [5.74, 6) is 0.165. The van der Waals surface area contributed by atoms with E-state index in [2.05, 4.69) is 11.4 Å². The van der Waals surface area contributed by atoms with Gasteiger partial charge in [0.2, 0.25) is 0 Å². The van der Waals surface area contributed by atoms with E-state index in [1.165, 1.54) is 20.3 Å². The lowest BCUT2D eigenvalue weighted by atomic mass is 9.93. The van der Waals surface area contributed by atoms with E-state index < -0.39 is 0 Å². The fraction of sp³-hybridized carbons (Fsp3) is 0.217. The lowest BCUT2D eigenvalue weighted by Crippen LogP contribution is -2.20. The summed E-state index contributed by atoms with van der Waals surface area (Å²) in [6.07, 6.45) is 5.71. The van der Waals surface area contributed by atoms with E-state index in [1.54, 1.807) is 36.4 Å². The third-order valence-corrected chi connectivity index (χ3v) is 4.77. The molecule has 1 heterocycles. The Bertz CT molecular complexity index is 1010. The Labute approximate surface area is 169 Å². The number of ketones is 1. The summed E-state index contributed by atoms with van der Waals surface area (Å²) in [5, 5.41) is 23.1. The molecule has 1 aliphatic heterocycles. The fourth-order valence-electron chi connectivity index (χ4n) is 3.27. The molecule has 6 heteroatoms. The van der Waals surface area contributed by atoms with Gasteiger partial charge in [0.15, 0.2) is 5.78 Å². The Morgan fingerprint density at radius 3 is 2.52 bits per heavy atom. The minimum absolute atomic E-state index is 0.0904. The van der Waals surface area contributed by atoms with Crippen molar-refractivity contribution in [2.45, 2.75) is 6.42 Å². The monoisotopic (exact) mass is 390 g/mol. The standard InChI is InChI=1S/C23H22N2O4/c1-28-19-13-20(29-2)22(23(27)21(19)17-9-11-25-12-10-17)18(26)8-7-15-3-5-16(14-24)6-4-15/h3-9,13,25,27H,10-12H2,1-2H3. The molecule has 0 saturated heterocycles. The number of allylic oxidation sites excluding steroid dienone is 1. The molecule has 0 fully saturated rings. The minimum Gasteiger partial charge on any atom is -0.506 e. The van der Waals surface area contributed by atoms with E-state index in [-0.39, 0.29) is 22.8 Å². The smallest absolute Gasteiger partial charge is 0.193 e. The van der Waals surface area contributed by atoms with Crippen molar-refractivity contribution in [1.29, 1.82) is 5.26 Å². The number of nitrogens with zero attached hydrogens (tertiary/aromatic N) is 1. The zero-order chi connectivity index (χ0) is 20.8. The molecule has 0 unspecified atom stereocenters. The molecule has 2 aromatic carbocycles. The molecular formula is C23H22N2O4. The maximum Gasteiger partial charge on any atom is 0.193 e. The number of ether oxygens (including phenoxy) is 2. The molecule has 0 atom stereocenters. The van der Waals surface area contributed by atoms with Crippen LogP contribution in [0, 0.1) is 11.3 Å². The molecule has 0 aliphatic carbocycles. The normalized spacial score (nSPS) is 13.6. The van der Waals surface area contributed by atoms with Crippen molar-refractivity contribution in [2.24, 2.45) is 0 Å². The number of hydrogen-bond donors (Lipinski definition) is 2. The van der Waals surface area contributed by atoms with Crippen LogP contribution in [-0.4, -0.2) is 38.2 Å². The topological polar surface area (TPSA) is 91.6 Å². The van der Waals surface area contributed by atoms with E-state index in [0.29, 0.717) is 29.8 Å². The third-order valence-electron chi connectivity index (χ3n) is 4.77. The Morgan fingerprint density at radius 2 is 1.93 bits per heavy atom. The zero-order valence-corrected chi connectivity index (χ0v) is 16.4. The molecule has 0 amide bonds. The largest absolute Gasteiger partial charge is 0.506 e. The van der Waals surface area contributed by atoms with Gasteiger partial charge in [-0.25, -0.2) is 0 Å². The number of carbonyl (C=O) groups excluding carboxylic acids is 1. The van der Waals surface area contributed by atoms with E-state index >= 15 is 0 Å². The van der Waals surface area contributed by atoms with Crippen LogP contribution >= 0.6 is 0 Å². The highest BCUT2D eigenvalue weighted by atomic mass is 16.5. The molecular weight excluding hydrogens is 368 g/mol. The Hall–Kier alpha value is -3.56. The number of rotatable bonds is 6. The summed E-state index contributed by atoms with van der Waals surface area (Å²) < 4.78 is 10.8. The lowest BCUT2D eigenvalue weighted by Gasteiger charge is -2.20. The first-order valence-corrected chi connectivity index (χ1v) is 9.19. The molecule has 0 bridgehead atoms.